The Morgan fingerprint density at radius 2 is 1.71 bits per heavy atom. The number of nitrogens with one attached hydrogen (secondary N) is 2. The van der Waals surface area contributed by atoms with E-state index in [0.29, 0.717) is 29.0 Å². The first-order valence-electron chi connectivity index (χ1n) is 14.3. The summed E-state index contributed by atoms with van der Waals surface area (Å²) >= 11 is 0. The molecule has 1 unspecified atom stereocenters. The maximum absolute atomic E-state index is 13.5. The number of carbonyl (C=O) groups is 1. The van der Waals surface area contributed by atoms with Crippen LogP contribution in [-0.2, 0) is 22.7 Å². The molecule has 5 N–H and O–H groups in total. The van der Waals surface area contributed by atoms with Crippen molar-refractivity contribution in [2.24, 2.45) is 4.99 Å². The number of carbonyl (C=O) groups excluding carboxylic acids is 1. The summed E-state index contributed by atoms with van der Waals surface area (Å²) in [7, 11) is -10.1. The fraction of sp³-hybridized carbons (Fsp3) is 0.333. The van der Waals surface area contributed by atoms with E-state index in [1.54, 1.807) is 12.1 Å². The topological polar surface area (TPSA) is 189 Å². The van der Waals surface area contributed by atoms with Crippen LogP contribution in [0, 0.1) is 13.8 Å². The molecule has 0 aromatic heterocycles. The van der Waals surface area contributed by atoms with Crippen LogP contribution in [0.2, 0.25) is 0 Å². The molecule has 1 atom stereocenters. The number of rotatable bonds is 14. The highest BCUT2D eigenvalue weighted by molar-refractivity contribution is 7.60. The Balaban J connectivity index is 1.61. The van der Waals surface area contributed by atoms with E-state index in [1.165, 1.54) is 0 Å². The largest absolute Gasteiger partial charge is 0.481 e. The average Bonchev–Trinajstić information content (AvgIpc) is 2.96. The van der Waals surface area contributed by atoms with Crippen LogP contribution in [0.1, 0.15) is 35.3 Å². The molecule has 13 nitrogen and oxygen atoms in total. The molecular formula is C30H37N3O10P2. The Hall–Kier alpha value is -3.38. The first-order chi connectivity index (χ1) is 21.3. The van der Waals surface area contributed by atoms with Gasteiger partial charge in [0.05, 0.1) is 25.2 Å². The molecule has 0 radical (unpaired) electrons. The van der Waals surface area contributed by atoms with Gasteiger partial charge in [0.2, 0.25) is 0 Å². The molecule has 242 valence electrons. The fourth-order valence-electron chi connectivity index (χ4n) is 4.90. The number of aryl methyl sites for hydroxylation is 2. The van der Waals surface area contributed by atoms with Crippen LogP contribution < -0.4 is 16.0 Å². The first-order valence-corrected chi connectivity index (χ1v) is 17.3. The minimum Gasteiger partial charge on any atom is -0.456 e. The van der Waals surface area contributed by atoms with Gasteiger partial charge in [-0.2, -0.15) is 4.31 Å². The molecule has 1 aliphatic heterocycles. The zero-order valence-electron chi connectivity index (χ0n) is 25.4. The predicted octanol–water partition coefficient (Wildman–Crippen LogP) is 5.15. The minimum absolute atomic E-state index is 0.0394. The lowest BCUT2D eigenvalue weighted by molar-refractivity contribution is 0.0803. The van der Waals surface area contributed by atoms with Crippen molar-refractivity contribution in [3.63, 3.8) is 0 Å². The second-order valence-electron chi connectivity index (χ2n) is 10.1. The van der Waals surface area contributed by atoms with Gasteiger partial charge in [0.25, 0.3) is 5.91 Å². The number of anilines is 1. The van der Waals surface area contributed by atoms with Gasteiger partial charge in [-0.25, -0.2) is 9.13 Å². The van der Waals surface area contributed by atoms with E-state index in [-0.39, 0.29) is 25.7 Å². The zero-order chi connectivity index (χ0) is 32.8. The van der Waals surface area contributed by atoms with Gasteiger partial charge in [-0.1, -0.05) is 18.2 Å². The van der Waals surface area contributed by atoms with E-state index < -0.39 is 22.3 Å². The number of phosphoric ester groups is 1. The molecule has 1 aliphatic carbocycles. The van der Waals surface area contributed by atoms with Crippen LogP contribution in [0.5, 0.6) is 0 Å². The van der Waals surface area contributed by atoms with Gasteiger partial charge < -0.3 is 34.5 Å². The second-order valence-corrected chi connectivity index (χ2v) is 12.9. The van der Waals surface area contributed by atoms with Crippen molar-refractivity contribution < 1.29 is 46.6 Å². The Kier molecular flexibility index (Phi) is 11.4. The molecule has 2 aliphatic rings. The molecule has 1 amide bonds. The molecule has 0 spiro atoms. The van der Waals surface area contributed by atoms with Crippen molar-refractivity contribution in [1.82, 2.24) is 5.32 Å². The monoisotopic (exact) mass is 661 g/mol. The van der Waals surface area contributed by atoms with Crippen molar-refractivity contribution in [3.8, 4) is 22.5 Å². The van der Waals surface area contributed by atoms with Crippen molar-refractivity contribution in [1.29, 1.82) is 0 Å². The minimum atomic E-state index is -5.20. The Bertz CT molecular complexity index is 1820. The summed E-state index contributed by atoms with van der Waals surface area (Å²) in [5.74, 6) is 0.309. The summed E-state index contributed by atoms with van der Waals surface area (Å²) in [6, 6.07) is 15.3. The summed E-state index contributed by atoms with van der Waals surface area (Å²) in [4.78, 5) is 44.7. The van der Waals surface area contributed by atoms with Crippen LogP contribution in [0.25, 0.3) is 33.4 Å². The lowest BCUT2D eigenvalue weighted by Crippen LogP contribution is -2.28. The summed E-state index contributed by atoms with van der Waals surface area (Å²) in [6.45, 7) is 8.89. The van der Waals surface area contributed by atoms with E-state index >= 15 is 0 Å². The third-order valence-electron chi connectivity index (χ3n) is 6.74. The smallest absolute Gasteiger partial charge is 0.456 e. The quantitative estimate of drug-likeness (QED) is 0.0683. The Morgan fingerprint density at radius 1 is 0.956 bits per heavy atom. The number of phosphoric acid groups is 2. The Morgan fingerprint density at radius 3 is 2.42 bits per heavy atom. The third-order valence-corrected chi connectivity index (χ3v) is 8.93. The van der Waals surface area contributed by atoms with Crippen LogP contribution in [0.4, 0.5) is 5.69 Å². The second kappa shape index (κ2) is 14.8. The van der Waals surface area contributed by atoms with E-state index in [2.05, 4.69) is 30.5 Å². The maximum Gasteiger partial charge on any atom is 0.481 e. The van der Waals surface area contributed by atoms with Crippen molar-refractivity contribution in [3.05, 3.63) is 70.6 Å². The van der Waals surface area contributed by atoms with Gasteiger partial charge in [-0.05, 0) is 62.6 Å². The van der Waals surface area contributed by atoms with Gasteiger partial charge in [-0.15, -0.1) is 0 Å². The summed E-state index contributed by atoms with van der Waals surface area (Å²) in [5.41, 5.74) is 6.49. The van der Waals surface area contributed by atoms with Crippen LogP contribution in [0.15, 0.2) is 57.9 Å². The van der Waals surface area contributed by atoms with E-state index in [4.69, 9.17) is 18.9 Å². The highest BCUT2D eigenvalue weighted by atomic mass is 31.3. The predicted molar refractivity (Wildman–Crippen MR) is 170 cm³/mol. The first kappa shape index (κ1) is 34.5. The lowest BCUT2D eigenvalue weighted by Gasteiger charge is -2.20. The number of amides is 1. The van der Waals surface area contributed by atoms with Crippen LogP contribution in [-0.4, -0.2) is 60.0 Å². The highest BCUT2D eigenvalue weighted by Gasteiger charge is 2.32. The number of fused-ring (bicyclic) bond motifs is 2. The van der Waals surface area contributed by atoms with E-state index in [9.17, 15) is 18.8 Å². The van der Waals surface area contributed by atoms with Gasteiger partial charge >= 0.3 is 15.6 Å². The van der Waals surface area contributed by atoms with Crippen molar-refractivity contribution >= 4 is 38.2 Å². The number of nitrogens with zero attached hydrogens (tertiary/aromatic N) is 1. The molecule has 15 heteroatoms. The van der Waals surface area contributed by atoms with Gasteiger partial charge in [0.1, 0.15) is 11.3 Å². The van der Waals surface area contributed by atoms with Crippen molar-refractivity contribution in [2.75, 3.05) is 44.8 Å². The molecule has 45 heavy (non-hydrogen) atoms. The average molecular weight is 662 g/mol. The molecule has 1 heterocycles. The highest BCUT2D eigenvalue weighted by Crippen LogP contribution is 2.57. The molecular weight excluding hydrogens is 624 g/mol. The zero-order valence-corrected chi connectivity index (χ0v) is 27.2. The molecule has 2 aromatic carbocycles. The summed E-state index contributed by atoms with van der Waals surface area (Å²) in [6.07, 6.45) is 0. The Labute approximate surface area is 260 Å². The molecule has 0 saturated heterocycles. The summed E-state index contributed by atoms with van der Waals surface area (Å²) in [5, 5.41) is 7.90. The van der Waals surface area contributed by atoms with Crippen molar-refractivity contribution in [2.45, 2.75) is 27.7 Å². The van der Waals surface area contributed by atoms with Gasteiger partial charge in [0.15, 0.2) is 0 Å². The number of ether oxygens (including phenoxy) is 1. The molecule has 2 aromatic rings. The number of hydrogen-bond acceptors (Lipinski definition) is 9. The SMILES string of the molecule is CCN=c1cc2oc3cc(NCC)c(C)cc3c(-c3ccccc3C(=O)NCCOCCOP(=O)(O)OP(=O)(O)O)c-2cc1C. The number of benzene rings is 3. The van der Waals surface area contributed by atoms with Gasteiger partial charge in [0, 0.05) is 59.5 Å². The maximum atomic E-state index is 13.5. The number of hydrogen-bond donors (Lipinski definition) is 5. The normalized spacial score (nSPS) is 13.7. The lowest BCUT2D eigenvalue weighted by atomic mass is 9.89. The summed E-state index contributed by atoms with van der Waals surface area (Å²) < 4.78 is 42.2. The van der Waals surface area contributed by atoms with Crippen LogP contribution >= 0.6 is 15.6 Å². The fourth-order valence-corrected chi connectivity index (χ4v) is 6.47. The third kappa shape index (κ3) is 8.88. The molecule has 0 bridgehead atoms. The van der Waals surface area contributed by atoms with Crippen LogP contribution in [0.3, 0.4) is 0 Å². The molecule has 4 rings (SSSR count). The molecule has 0 saturated carbocycles. The van der Waals surface area contributed by atoms with E-state index in [0.717, 1.165) is 45.2 Å². The van der Waals surface area contributed by atoms with Gasteiger partial charge in [-0.3, -0.25) is 14.3 Å². The standard InChI is InChI=1S/C30H37N3O10P2/c1-5-31-25-17-27-23(15-19(25)3)29(24-16-20(4)26(32-6-2)18-28(24)42-27)21-9-7-8-10-22(21)30(34)33-11-12-40-13-14-41-45(38,39)43-44(35,36)37/h7-10,15-18,31H,5-6,11-14H2,1-4H3,(H,33,34)(H,38,39)(H2,35,36,37). The van der Waals surface area contributed by atoms with E-state index in [1.807, 2.05) is 58.0 Å². The molecule has 0 fully saturated rings.